The summed E-state index contributed by atoms with van der Waals surface area (Å²) >= 11 is 0. The van der Waals surface area contributed by atoms with Crippen LogP contribution in [0.5, 0.6) is 0 Å². The molecule has 1 amide bonds. The average molecular weight is 806 g/mol. The zero-order valence-electron chi connectivity index (χ0n) is 38.5. The molecular formula is C51H99NO5. The Balaban J connectivity index is 4.54. The summed E-state index contributed by atoms with van der Waals surface area (Å²) in [6.45, 7) is 6.47. The van der Waals surface area contributed by atoms with Gasteiger partial charge in [0.05, 0.1) is 25.2 Å². The Morgan fingerprint density at radius 1 is 0.491 bits per heavy atom. The lowest BCUT2D eigenvalue weighted by molar-refractivity contribution is -0.151. The number of carbonyl (C=O) groups is 2. The highest BCUT2D eigenvalue weighted by molar-refractivity contribution is 5.77. The van der Waals surface area contributed by atoms with Gasteiger partial charge in [0.15, 0.2) is 0 Å². The van der Waals surface area contributed by atoms with Crippen molar-refractivity contribution in [2.75, 3.05) is 6.61 Å². The minimum atomic E-state index is -0.781. The van der Waals surface area contributed by atoms with Crippen molar-refractivity contribution < 1.29 is 24.5 Å². The molecule has 0 radical (unpaired) electrons. The van der Waals surface area contributed by atoms with Crippen molar-refractivity contribution in [3.63, 3.8) is 0 Å². The fourth-order valence-corrected chi connectivity index (χ4v) is 7.96. The van der Waals surface area contributed by atoms with Gasteiger partial charge in [0.25, 0.3) is 0 Å². The molecule has 3 atom stereocenters. The number of allylic oxidation sites excluding steroid dienone is 2. The van der Waals surface area contributed by atoms with Crippen LogP contribution in [0.2, 0.25) is 0 Å². The van der Waals surface area contributed by atoms with E-state index >= 15 is 0 Å². The minimum Gasteiger partial charge on any atom is -0.462 e. The summed E-state index contributed by atoms with van der Waals surface area (Å²) in [5, 5.41) is 23.7. The van der Waals surface area contributed by atoms with Gasteiger partial charge in [-0.15, -0.1) is 0 Å². The summed E-state index contributed by atoms with van der Waals surface area (Å²) in [4.78, 5) is 26.1. The predicted octanol–water partition coefficient (Wildman–Crippen LogP) is 15.0. The van der Waals surface area contributed by atoms with E-state index in [1.54, 1.807) is 0 Å². The van der Waals surface area contributed by atoms with E-state index in [0.717, 1.165) is 57.8 Å². The number of aliphatic hydroxyl groups excluding tert-OH is 2. The molecule has 0 spiro atoms. The molecule has 0 aromatic rings. The van der Waals surface area contributed by atoms with Crippen LogP contribution in [0.1, 0.15) is 278 Å². The van der Waals surface area contributed by atoms with Crippen molar-refractivity contribution in [3.8, 4) is 0 Å². The molecule has 3 unspecified atom stereocenters. The molecule has 0 saturated heterocycles. The monoisotopic (exact) mass is 806 g/mol. The fourth-order valence-electron chi connectivity index (χ4n) is 7.96. The summed E-state index contributed by atoms with van der Waals surface area (Å²) in [6, 6.07) is -0.695. The van der Waals surface area contributed by atoms with Crippen LogP contribution in [-0.4, -0.2) is 46.9 Å². The van der Waals surface area contributed by atoms with Gasteiger partial charge in [0.2, 0.25) is 5.91 Å². The minimum absolute atomic E-state index is 0.0812. The Morgan fingerprint density at radius 2 is 0.842 bits per heavy atom. The van der Waals surface area contributed by atoms with Crippen LogP contribution in [0.3, 0.4) is 0 Å². The summed E-state index contributed by atoms with van der Waals surface area (Å²) < 4.78 is 5.93. The summed E-state index contributed by atoms with van der Waals surface area (Å²) in [5.41, 5.74) is 0. The Kier molecular flexibility index (Phi) is 44.6. The van der Waals surface area contributed by atoms with Crippen LogP contribution in [-0.2, 0) is 14.3 Å². The Hall–Kier alpha value is -1.40. The van der Waals surface area contributed by atoms with E-state index < -0.39 is 18.2 Å². The van der Waals surface area contributed by atoms with Gasteiger partial charge in [-0.3, -0.25) is 9.59 Å². The molecule has 0 bridgehead atoms. The maximum absolute atomic E-state index is 13.2. The van der Waals surface area contributed by atoms with E-state index in [1.807, 2.05) is 0 Å². The van der Waals surface area contributed by atoms with E-state index in [9.17, 15) is 19.8 Å². The largest absolute Gasteiger partial charge is 0.462 e. The molecule has 0 heterocycles. The molecular weight excluding hydrogens is 707 g/mol. The first-order valence-electron chi connectivity index (χ1n) is 25.4. The van der Waals surface area contributed by atoms with Gasteiger partial charge < -0.3 is 20.3 Å². The molecule has 0 aliphatic carbocycles. The maximum Gasteiger partial charge on any atom is 0.306 e. The van der Waals surface area contributed by atoms with Crippen molar-refractivity contribution in [1.29, 1.82) is 0 Å². The molecule has 0 rings (SSSR count). The number of aliphatic hydroxyl groups is 2. The Bertz CT molecular complexity index is 863. The Morgan fingerprint density at radius 3 is 1.25 bits per heavy atom. The molecule has 0 aliphatic heterocycles. The zero-order chi connectivity index (χ0) is 41.7. The molecule has 0 aromatic carbocycles. The highest BCUT2D eigenvalue weighted by Gasteiger charge is 2.24. The lowest BCUT2D eigenvalue weighted by Gasteiger charge is -2.24. The SMILES string of the molecule is CCCCCCCC/C=C/CCCCCCCCCC(CC(=O)NC(CO)C(O)CCCCCCCCCCC)OC(=O)CCCCCCCCCCCCCC. The summed E-state index contributed by atoms with van der Waals surface area (Å²) in [7, 11) is 0. The predicted molar refractivity (Wildman–Crippen MR) is 246 cm³/mol. The van der Waals surface area contributed by atoms with E-state index in [0.29, 0.717) is 19.3 Å². The average Bonchev–Trinajstić information content (AvgIpc) is 3.20. The lowest BCUT2D eigenvalue weighted by atomic mass is 10.0. The molecule has 6 heteroatoms. The van der Waals surface area contributed by atoms with Gasteiger partial charge in [-0.25, -0.2) is 0 Å². The molecule has 0 fully saturated rings. The van der Waals surface area contributed by atoms with Gasteiger partial charge in [-0.1, -0.05) is 226 Å². The molecule has 0 saturated carbocycles. The van der Waals surface area contributed by atoms with Crippen LogP contribution in [0, 0.1) is 0 Å². The molecule has 338 valence electrons. The fraction of sp³-hybridized carbons (Fsp3) is 0.922. The van der Waals surface area contributed by atoms with Crippen LogP contribution >= 0.6 is 0 Å². The number of carbonyl (C=O) groups excluding carboxylic acids is 2. The number of rotatable bonds is 46. The van der Waals surface area contributed by atoms with Crippen molar-refractivity contribution in [2.24, 2.45) is 0 Å². The van der Waals surface area contributed by atoms with Gasteiger partial charge in [0, 0.05) is 6.42 Å². The van der Waals surface area contributed by atoms with Gasteiger partial charge in [-0.05, 0) is 51.4 Å². The van der Waals surface area contributed by atoms with Crippen LogP contribution in [0.15, 0.2) is 12.2 Å². The number of amides is 1. The van der Waals surface area contributed by atoms with Crippen LogP contribution < -0.4 is 5.32 Å². The number of hydrogen-bond acceptors (Lipinski definition) is 5. The smallest absolute Gasteiger partial charge is 0.306 e. The Labute approximate surface area is 355 Å². The van der Waals surface area contributed by atoms with Crippen molar-refractivity contribution in [1.82, 2.24) is 5.32 Å². The maximum atomic E-state index is 13.2. The van der Waals surface area contributed by atoms with Gasteiger partial charge in [0.1, 0.15) is 6.10 Å². The summed E-state index contributed by atoms with van der Waals surface area (Å²) in [5.74, 6) is -0.464. The number of hydrogen-bond donors (Lipinski definition) is 3. The van der Waals surface area contributed by atoms with E-state index in [4.69, 9.17) is 4.74 Å². The highest BCUT2D eigenvalue weighted by Crippen LogP contribution is 2.18. The van der Waals surface area contributed by atoms with Crippen LogP contribution in [0.4, 0.5) is 0 Å². The molecule has 0 aromatic heterocycles. The van der Waals surface area contributed by atoms with E-state index in [2.05, 4.69) is 38.2 Å². The van der Waals surface area contributed by atoms with Gasteiger partial charge >= 0.3 is 5.97 Å². The van der Waals surface area contributed by atoms with Gasteiger partial charge in [-0.2, -0.15) is 0 Å². The van der Waals surface area contributed by atoms with Crippen molar-refractivity contribution in [3.05, 3.63) is 12.2 Å². The van der Waals surface area contributed by atoms with Crippen molar-refractivity contribution in [2.45, 2.75) is 296 Å². The van der Waals surface area contributed by atoms with E-state index in [-0.39, 0.29) is 24.9 Å². The van der Waals surface area contributed by atoms with Crippen LogP contribution in [0.25, 0.3) is 0 Å². The summed E-state index contributed by atoms with van der Waals surface area (Å²) in [6.07, 6.45) is 49.9. The lowest BCUT2D eigenvalue weighted by Crippen LogP contribution is -2.46. The molecule has 0 aliphatic rings. The number of esters is 1. The van der Waals surface area contributed by atoms with Crippen molar-refractivity contribution >= 4 is 11.9 Å². The second-order valence-corrected chi connectivity index (χ2v) is 17.6. The third-order valence-electron chi connectivity index (χ3n) is 11.8. The van der Waals surface area contributed by atoms with E-state index in [1.165, 1.54) is 173 Å². The standard InChI is InChI=1S/C51H99NO5/c1-4-7-10-13-16-19-21-23-24-25-26-27-28-31-33-36-39-42-47(57-51(56)44-41-38-35-32-29-22-20-17-14-11-8-5-2)45-50(55)52-48(46-53)49(54)43-40-37-34-30-18-15-12-9-6-3/h23-24,47-49,53-54H,4-22,25-46H2,1-3H3,(H,52,55)/b24-23+. The molecule has 3 N–H and O–H groups in total. The second-order valence-electron chi connectivity index (χ2n) is 17.6. The topological polar surface area (TPSA) is 95.9 Å². The normalized spacial score (nSPS) is 13.3. The third kappa shape index (κ3) is 41.1. The zero-order valence-corrected chi connectivity index (χ0v) is 38.5. The third-order valence-corrected chi connectivity index (χ3v) is 11.8. The first kappa shape index (κ1) is 55.6. The second kappa shape index (κ2) is 45.7. The molecule has 57 heavy (non-hydrogen) atoms. The molecule has 6 nitrogen and oxygen atoms in total. The number of nitrogens with one attached hydrogen (secondary N) is 1. The number of ether oxygens (including phenoxy) is 1. The highest BCUT2D eigenvalue weighted by atomic mass is 16.5. The number of unbranched alkanes of at least 4 members (excludes halogenated alkanes) is 32. The first-order valence-corrected chi connectivity index (χ1v) is 25.4. The quantitative estimate of drug-likeness (QED) is 0.0323. The first-order chi connectivity index (χ1) is 28.0.